The number of unbranched alkanes of at least 4 members (excludes halogenated alkanes) is 2. The van der Waals surface area contributed by atoms with Crippen LogP contribution in [0, 0.1) is 12.8 Å². The van der Waals surface area contributed by atoms with Crippen LogP contribution in [0.3, 0.4) is 0 Å². The largest absolute Gasteiger partial charge is 0.471 e. The molecule has 2 saturated heterocycles. The van der Waals surface area contributed by atoms with E-state index in [1.165, 1.54) is 30.9 Å². The summed E-state index contributed by atoms with van der Waals surface area (Å²) in [5.41, 5.74) is -0.173. The van der Waals surface area contributed by atoms with Gasteiger partial charge < -0.3 is 39.2 Å². The SMILES string of the molecule is COC1/C=C/C=C(\C)Cc2cc(C)c(Cl)c(c2)N(C)C(=O)CC(OC(=O)[C@H](C)N(C)C(=O)CCCCCNC(=O)C(F)(F)F)[C@]2(C)OC2[C@@H](C)C2C[C@@]1(O)NC(=O)O2. The molecule has 0 aliphatic carbocycles. The standard InChI is InChI=1S/C40H54ClF3N4O10/c1-22-13-12-14-29(55-8)39(54)21-28(56-37(53)46-39)24(3)34-38(5,58-34)30(20-32(50)48(7)27-19-26(17-22)18-23(2)33(27)41)57-35(51)25(4)47(6)31(49)15-10-9-11-16-45-36(52)40(42,43)44/h12-14,18-19,24-25,28-30,34,54H,9-11,15-17,20-21H2,1-8H3,(H,45,52)(H,46,53)/b14-12+,22-13+/t24-,25-,28?,29?,30?,34?,38-,39-/m0/s1. The maximum Gasteiger partial charge on any atom is 0.471 e. The van der Waals surface area contributed by atoms with Gasteiger partial charge in [-0.2, -0.15) is 13.2 Å². The molecule has 3 aliphatic rings. The lowest BCUT2D eigenvalue weighted by Crippen LogP contribution is -2.63. The number of likely N-dealkylation sites (N-methyl/N-ethyl adjacent to an activating group) is 1. The highest BCUT2D eigenvalue weighted by molar-refractivity contribution is 6.34. The van der Waals surface area contributed by atoms with Crippen molar-refractivity contribution in [1.82, 2.24) is 15.5 Å². The number of hydrogen-bond donors (Lipinski definition) is 3. The van der Waals surface area contributed by atoms with Crippen LogP contribution in [-0.2, 0) is 44.5 Å². The summed E-state index contributed by atoms with van der Waals surface area (Å²) in [5.74, 6) is -4.33. The lowest BCUT2D eigenvalue weighted by atomic mass is 9.83. The summed E-state index contributed by atoms with van der Waals surface area (Å²) in [7, 11) is 4.38. The summed E-state index contributed by atoms with van der Waals surface area (Å²) in [5, 5.41) is 16.4. The second-order valence-corrected chi connectivity index (χ2v) is 16.0. The number of carbonyl (C=O) groups is 5. The van der Waals surface area contributed by atoms with Crippen molar-refractivity contribution in [3.8, 4) is 0 Å². The fourth-order valence-corrected chi connectivity index (χ4v) is 7.55. The molecule has 3 N–H and O–H groups in total. The number of allylic oxidation sites excluding steroid dienone is 3. The van der Waals surface area contributed by atoms with E-state index in [2.05, 4.69) is 5.32 Å². The number of alkyl carbamates (subject to hydrolysis) is 1. The Balaban J connectivity index is 1.58. The van der Waals surface area contributed by atoms with Gasteiger partial charge in [-0.05, 0) is 64.2 Å². The van der Waals surface area contributed by atoms with Crippen LogP contribution in [0.15, 0.2) is 35.9 Å². The van der Waals surface area contributed by atoms with E-state index >= 15 is 0 Å². The van der Waals surface area contributed by atoms with Crippen molar-refractivity contribution in [2.24, 2.45) is 5.92 Å². The summed E-state index contributed by atoms with van der Waals surface area (Å²) in [6.45, 7) is 8.42. The van der Waals surface area contributed by atoms with Gasteiger partial charge in [-0.1, -0.05) is 54.8 Å². The number of nitrogens with one attached hydrogen (secondary N) is 2. The number of epoxide rings is 1. The predicted molar refractivity (Wildman–Crippen MR) is 207 cm³/mol. The molecule has 0 radical (unpaired) electrons. The summed E-state index contributed by atoms with van der Waals surface area (Å²) < 4.78 is 60.7. The maximum absolute atomic E-state index is 14.1. The van der Waals surface area contributed by atoms with Crippen molar-refractivity contribution in [1.29, 1.82) is 0 Å². The number of carbonyl (C=O) groups excluding carboxylic acids is 5. The Kier molecular flexibility index (Phi) is 15.1. The zero-order chi connectivity index (χ0) is 43.3. The fraction of sp³-hybridized carbons (Fsp3) is 0.625. The number of aliphatic hydroxyl groups is 1. The molecule has 4 amide bonds. The van der Waals surface area contributed by atoms with Gasteiger partial charge in [0.2, 0.25) is 11.8 Å². The molecule has 4 bridgehead atoms. The maximum atomic E-state index is 14.1. The van der Waals surface area contributed by atoms with Crippen LogP contribution < -0.4 is 15.5 Å². The summed E-state index contributed by atoms with van der Waals surface area (Å²) in [4.78, 5) is 67.4. The average Bonchev–Trinajstić information content (AvgIpc) is 3.85. The van der Waals surface area contributed by atoms with E-state index in [1.807, 2.05) is 32.1 Å². The Hall–Kier alpha value is -4.19. The Morgan fingerprint density at radius 2 is 1.88 bits per heavy atom. The molecule has 58 heavy (non-hydrogen) atoms. The van der Waals surface area contributed by atoms with E-state index in [9.17, 15) is 42.3 Å². The lowest BCUT2D eigenvalue weighted by molar-refractivity contribution is -0.173. The number of hydrogen-bond acceptors (Lipinski definition) is 10. The van der Waals surface area contributed by atoms with Crippen LogP contribution in [0.5, 0.6) is 0 Å². The number of alkyl halides is 3. The van der Waals surface area contributed by atoms with E-state index < -0.39 is 83.7 Å². The quantitative estimate of drug-likeness (QED) is 0.164. The van der Waals surface area contributed by atoms with E-state index in [-0.39, 0.29) is 32.2 Å². The Bertz CT molecular complexity index is 1790. The minimum Gasteiger partial charge on any atom is -0.457 e. The summed E-state index contributed by atoms with van der Waals surface area (Å²) in [6, 6.07) is 2.60. The van der Waals surface area contributed by atoms with E-state index in [1.54, 1.807) is 38.4 Å². The monoisotopic (exact) mass is 842 g/mol. The highest BCUT2D eigenvalue weighted by atomic mass is 35.5. The Labute approximate surface area is 341 Å². The second-order valence-electron chi connectivity index (χ2n) is 15.6. The van der Waals surface area contributed by atoms with Gasteiger partial charge in [-0.15, -0.1) is 0 Å². The molecule has 3 aliphatic heterocycles. The van der Waals surface area contributed by atoms with Crippen LogP contribution >= 0.6 is 11.6 Å². The third kappa shape index (κ3) is 11.1. The third-order valence-electron chi connectivity index (χ3n) is 11.1. The number of halogens is 4. The number of amides is 4. The van der Waals surface area contributed by atoms with E-state index in [4.69, 9.17) is 30.5 Å². The van der Waals surface area contributed by atoms with Gasteiger partial charge in [-0.25, -0.2) is 9.59 Å². The zero-order valence-corrected chi connectivity index (χ0v) is 34.8. The third-order valence-corrected chi connectivity index (χ3v) is 11.6. The van der Waals surface area contributed by atoms with Gasteiger partial charge in [0.05, 0.1) is 23.2 Å². The molecule has 3 heterocycles. The van der Waals surface area contributed by atoms with E-state index in [0.717, 1.165) is 16.7 Å². The highest BCUT2D eigenvalue weighted by Crippen LogP contribution is 2.49. The molecule has 1 aromatic rings. The van der Waals surface area contributed by atoms with Crippen molar-refractivity contribution in [3.05, 3.63) is 52.1 Å². The van der Waals surface area contributed by atoms with Gasteiger partial charge >= 0.3 is 24.1 Å². The molecule has 4 unspecified atom stereocenters. The summed E-state index contributed by atoms with van der Waals surface area (Å²) >= 11 is 6.75. The van der Waals surface area contributed by atoms with Gasteiger partial charge in [-0.3, -0.25) is 19.7 Å². The molecule has 322 valence electrons. The molecule has 4 rings (SSSR count). The number of rotatable bonds is 10. The van der Waals surface area contributed by atoms with Crippen molar-refractivity contribution in [2.45, 2.75) is 128 Å². The second kappa shape index (κ2) is 18.8. The number of esters is 1. The average molecular weight is 843 g/mol. The van der Waals surface area contributed by atoms with Crippen LogP contribution in [0.1, 0.15) is 77.3 Å². The highest BCUT2D eigenvalue weighted by Gasteiger charge is 2.64. The first-order chi connectivity index (χ1) is 27.0. The number of fused-ring (bicyclic) bond motifs is 5. The number of benzene rings is 1. The van der Waals surface area contributed by atoms with Gasteiger partial charge in [0.1, 0.15) is 30.0 Å². The first-order valence-corrected chi connectivity index (χ1v) is 19.5. The molecule has 0 saturated carbocycles. The number of methoxy groups -OCH3 is 1. The smallest absolute Gasteiger partial charge is 0.457 e. The van der Waals surface area contributed by atoms with Crippen molar-refractivity contribution < 1.29 is 61.2 Å². The van der Waals surface area contributed by atoms with Crippen molar-refractivity contribution >= 4 is 47.1 Å². The first-order valence-electron chi connectivity index (χ1n) is 19.1. The van der Waals surface area contributed by atoms with Crippen molar-refractivity contribution in [2.75, 3.05) is 32.6 Å². The Morgan fingerprint density at radius 3 is 2.53 bits per heavy atom. The molecule has 18 heteroatoms. The molecule has 8 atom stereocenters. The van der Waals surface area contributed by atoms with Gasteiger partial charge in [0.15, 0.2) is 5.72 Å². The number of ether oxygens (including phenoxy) is 4. The normalized spacial score (nSPS) is 29.8. The fourth-order valence-electron chi connectivity index (χ4n) is 7.31. The van der Waals surface area contributed by atoms with Crippen LogP contribution in [0.2, 0.25) is 5.02 Å². The summed E-state index contributed by atoms with van der Waals surface area (Å²) in [6.07, 6.45) is -3.56. The van der Waals surface area contributed by atoms with Crippen molar-refractivity contribution in [3.63, 3.8) is 0 Å². The molecule has 14 nitrogen and oxygen atoms in total. The molecule has 0 aromatic heterocycles. The van der Waals surface area contributed by atoms with Crippen LogP contribution in [0.4, 0.5) is 23.7 Å². The minimum atomic E-state index is -4.98. The Morgan fingerprint density at radius 1 is 1.19 bits per heavy atom. The topological polar surface area (TPSA) is 176 Å². The van der Waals surface area contributed by atoms with Gasteiger partial charge in [0.25, 0.3) is 0 Å². The predicted octanol–water partition coefficient (Wildman–Crippen LogP) is 5.05. The number of aryl methyl sites for hydroxylation is 1. The first kappa shape index (κ1) is 46.5. The molecule has 2 fully saturated rings. The molecular formula is C40H54ClF3N4O10. The minimum absolute atomic E-state index is 0.0238. The molecule has 0 spiro atoms. The zero-order valence-electron chi connectivity index (χ0n) is 34.0. The lowest BCUT2D eigenvalue weighted by Gasteiger charge is -2.42. The van der Waals surface area contributed by atoms with E-state index in [0.29, 0.717) is 30.0 Å². The van der Waals surface area contributed by atoms with Gasteiger partial charge in [0, 0.05) is 46.5 Å². The molecular weight excluding hydrogens is 789 g/mol. The number of nitrogens with zero attached hydrogens (tertiary/aromatic N) is 2. The number of anilines is 1. The molecule has 1 aromatic carbocycles. The van der Waals surface area contributed by atoms with Crippen LogP contribution in [-0.4, -0.2) is 116 Å². The van der Waals surface area contributed by atoms with Crippen LogP contribution in [0.25, 0.3) is 0 Å².